The van der Waals surface area contributed by atoms with Crippen LogP contribution in [0.3, 0.4) is 0 Å². The second-order valence-corrected chi connectivity index (χ2v) is 9.05. The van der Waals surface area contributed by atoms with Gasteiger partial charge in [-0.1, -0.05) is 0 Å². The van der Waals surface area contributed by atoms with Gasteiger partial charge >= 0.3 is 5.97 Å². The summed E-state index contributed by atoms with van der Waals surface area (Å²) in [6, 6.07) is 2.64. The monoisotopic (exact) mass is 521 g/mol. The molecule has 0 saturated heterocycles. The normalized spacial score (nSPS) is 11.5. The van der Waals surface area contributed by atoms with Gasteiger partial charge in [0.2, 0.25) is 5.43 Å². The summed E-state index contributed by atoms with van der Waals surface area (Å²) in [5.74, 6) is -3.36. The van der Waals surface area contributed by atoms with Gasteiger partial charge in [0.05, 0.1) is 33.1 Å². The number of aromatic carboxylic acids is 1. The summed E-state index contributed by atoms with van der Waals surface area (Å²) in [5, 5.41) is 16.0. The molecule has 0 aliphatic carbocycles. The fraction of sp³-hybridized carbons (Fsp3) is 0.231. The number of pyridine rings is 3. The summed E-state index contributed by atoms with van der Waals surface area (Å²) in [5.41, 5.74) is 1.89. The van der Waals surface area contributed by atoms with E-state index in [-0.39, 0.29) is 16.3 Å². The predicted molar refractivity (Wildman–Crippen MR) is 143 cm³/mol. The van der Waals surface area contributed by atoms with Crippen molar-refractivity contribution in [2.75, 3.05) is 45.0 Å². The first-order valence-corrected chi connectivity index (χ1v) is 11.8. The Balaban J connectivity index is 1.85. The Bertz CT molecular complexity index is 1810. The van der Waals surface area contributed by atoms with Gasteiger partial charge in [0.25, 0.3) is 0 Å². The van der Waals surface area contributed by atoms with E-state index in [1.807, 2.05) is 0 Å². The summed E-state index contributed by atoms with van der Waals surface area (Å²) >= 11 is 0. The Morgan fingerprint density at radius 2 is 1.92 bits per heavy atom. The highest BCUT2D eigenvalue weighted by Gasteiger charge is 2.24. The van der Waals surface area contributed by atoms with Gasteiger partial charge in [-0.2, -0.15) is 0 Å². The summed E-state index contributed by atoms with van der Waals surface area (Å²) in [6.45, 7) is 0.924. The maximum atomic E-state index is 15.2. The summed E-state index contributed by atoms with van der Waals surface area (Å²) < 4.78 is 31.4. The molecule has 0 fully saturated rings. The first-order valence-electron chi connectivity index (χ1n) is 11.8. The van der Waals surface area contributed by atoms with Crippen LogP contribution in [-0.4, -0.2) is 65.3 Å². The number of nitrogens with zero attached hydrogens (tertiary/aromatic N) is 4. The number of carbonyl (C=O) groups is 1. The molecule has 10 nitrogen and oxygen atoms in total. The zero-order chi connectivity index (χ0) is 27.3. The van der Waals surface area contributed by atoms with E-state index in [0.29, 0.717) is 57.8 Å². The van der Waals surface area contributed by atoms with E-state index in [4.69, 9.17) is 0 Å². The molecule has 1 aromatic carbocycles. The van der Waals surface area contributed by atoms with Gasteiger partial charge in [0, 0.05) is 70.0 Å². The van der Waals surface area contributed by atoms with Crippen molar-refractivity contribution in [1.29, 1.82) is 0 Å². The average molecular weight is 522 g/mol. The number of rotatable bonds is 7. The first-order chi connectivity index (χ1) is 18.2. The predicted octanol–water partition coefficient (Wildman–Crippen LogP) is 3.40. The number of carboxylic acid groups (broad SMARTS) is 1. The highest BCUT2D eigenvalue weighted by Crippen LogP contribution is 2.42. The van der Waals surface area contributed by atoms with Crippen molar-refractivity contribution in [2.24, 2.45) is 0 Å². The molecular formula is C26H25F2N7O3. The number of H-pyrrole nitrogens is 1. The first kappa shape index (κ1) is 25.1. The van der Waals surface area contributed by atoms with Gasteiger partial charge in [-0.3, -0.25) is 4.79 Å². The fourth-order valence-electron chi connectivity index (χ4n) is 4.79. The van der Waals surface area contributed by atoms with Gasteiger partial charge in [-0.15, -0.1) is 0 Å². The highest BCUT2D eigenvalue weighted by molar-refractivity contribution is 6.18. The van der Waals surface area contributed by atoms with E-state index in [0.717, 1.165) is 6.07 Å². The molecule has 0 aliphatic heterocycles. The molecule has 4 heterocycles. The SMILES string of the molecule is CNCCn1cc(C(=O)O)c(=O)c2cc(-c3cnc4[nH]c5c(NC)cc(F)c(F)c5c4c3N(C)C)cnc21. The number of hydrogen-bond acceptors (Lipinski definition) is 7. The lowest BCUT2D eigenvalue weighted by atomic mass is 10.0. The van der Waals surface area contributed by atoms with Crippen LogP contribution in [0, 0.1) is 11.6 Å². The third-order valence-electron chi connectivity index (χ3n) is 6.54. The van der Waals surface area contributed by atoms with Gasteiger partial charge in [-0.25, -0.2) is 23.5 Å². The van der Waals surface area contributed by atoms with Crippen LogP contribution in [0.5, 0.6) is 0 Å². The lowest BCUT2D eigenvalue weighted by Crippen LogP contribution is -2.22. The second-order valence-electron chi connectivity index (χ2n) is 9.05. The number of benzene rings is 1. The maximum absolute atomic E-state index is 15.2. The summed E-state index contributed by atoms with van der Waals surface area (Å²) in [4.78, 5) is 38.7. The number of carboxylic acids is 1. The van der Waals surface area contributed by atoms with E-state index in [1.54, 1.807) is 56.1 Å². The van der Waals surface area contributed by atoms with Crippen molar-refractivity contribution < 1.29 is 18.7 Å². The van der Waals surface area contributed by atoms with Crippen LogP contribution in [0.1, 0.15) is 10.4 Å². The van der Waals surface area contributed by atoms with E-state index in [1.165, 1.54) is 6.20 Å². The van der Waals surface area contributed by atoms with Crippen LogP contribution in [-0.2, 0) is 6.54 Å². The molecule has 4 N–H and O–H groups in total. The zero-order valence-corrected chi connectivity index (χ0v) is 21.1. The van der Waals surface area contributed by atoms with Crippen molar-refractivity contribution in [1.82, 2.24) is 24.8 Å². The fourth-order valence-corrected chi connectivity index (χ4v) is 4.79. The zero-order valence-electron chi connectivity index (χ0n) is 21.1. The number of fused-ring (bicyclic) bond motifs is 4. The van der Waals surface area contributed by atoms with Crippen molar-refractivity contribution in [3.8, 4) is 11.1 Å². The minimum atomic E-state index is -1.34. The minimum absolute atomic E-state index is 0.0405. The topological polar surface area (TPSA) is 128 Å². The van der Waals surface area contributed by atoms with Crippen molar-refractivity contribution in [3.05, 3.63) is 58.1 Å². The molecule has 5 rings (SSSR count). The molecule has 0 amide bonds. The molecule has 4 aromatic heterocycles. The Morgan fingerprint density at radius 3 is 2.58 bits per heavy atom. The smallest absolute Gasteiger partial charge is 0.341 e. The van der Waals surface area contributed by atoms with Gasteiger partial charge < -0.3 is 30.2 Å². The van der Waals surface area contributed by atoms with Crippen molar-refractivity contribution in [3.63, 3.8) is 0 Å². The Labute approximate surface area is 214 Å². The van der Waals surface area contributed by atoms with Crippen LogP contribution in [0.2, 0.25) is 0 Å². The quantitative estimate of drug-likeness (QED) is 0.257. The largest absolute Gasteiger partial charge is 0.477 e. The van der Waals surface area contributed by atoms with Crippen LogP contribution in [0.4, 0.5) is 20.2 Å². The lowest BCUT2D eigenvalue weighted by molar-refractivity contribution is 0.0694. The van der Waals surface area contributed by atoms with Crippen LogP contribution in [0.25, 0.3) is 44.1 Å². The van der Waals surface area contributed by atoms with Gasteiger partial charge in [-0.05, 0) is 13.1 Å². The van der Waals surface area contributed by atoms with Crippen LogP contribution >= 0.6 is 0 Å². The number of likely N-dealkylation sites (N-methyl/N-ethyl adjacent to an activating group) is 1. The summed E-state index contributed by atoms with van der Waals surface area (Å²) in [7, 11) is 6.89. The number of anilines is 2. The molecule has 196 valence electrons. The second kappa shape index (κ2) is 9.38. The molecule has 0 spiro atoms. The number of nitrogens with one attached hydrogen (secondary N) is 3. The number of hydrogen-bond donors (Lipinski definition) is 4. The van der Waals surface area contributed by atoms with Gasteiger partial charge in [0.1, 0.15) is 16.9 Å². The molecule has 0 unspecified atom stereocenters. The number of aromatic amines is 1. The molecule has 38 heavy (non-hydrogen) atoms. The van der Waals surface area contributed by atoms with Crippen LogP contribution < -0.4 is 21.0 Å². The molecule has 0 bridgehead atoms. The molecule has 12 heteroatoms. The van der Waals surface area contributed by atoms with Crippen molar-refractivity contribution >= 4 is 50.3 Å². The minimum Gasteiger partial charge on any atom is -0.477 e. The standard InChI is InChI=1S/C26H25F2N7O3/c1-29-5-6-35-11-15(26(37)38)23(36)13-7-12(9-32-25(13)35)14-10-31-24-19(22(14)34(3)4)18-20(28)16(27)8-17(30-2)21(18)33-24/h7-11,29-30H,5-6H2,1-4H3,(H,31,33)(H,37,38). The third kappa shape index (κ3) is 3.80. The number of aromatic nitrogens is 4. The Hall–Kier alpha value is -4.58. The molecular weight excluding hydrogens is 496 g/mol. The third-order valence-corrected chi connectivity index (χ3v) is 6.54. The average Bonchev–Trinajstić information content (AvgIpc) is 3.29. The summed E-state index contributed by atoms with van der Waals surface area (Å²) in [6.07, 6.45) is 4.40. The molecule has 0 saturated carbocycles. The number of halogens is 2. The lowest BCUT2D eigenvalue weighted by Gasteiger charge is -2.19. The van der Waals surface area contributed by atoms with Crippen molar-refractivity contribution in [2.45, 2.75) is 6.54 Å². The van der Waals surface area contributed by atoms with E-state index < -0.39 is 23.0 Å². The van der Waals surface area contributed by atoms with E-state index in [9.17, 15) is 19.1 Å². The highest BCUT2D eigenvalue weighted by atomic mass is 19.2. The Morgan fingerprint density at radius 1 is 1.16 bits per heavy atom. The van der Waals surface area contributed by atoms with Gasteiger partial charge in [0.15, 0.2) is 11.6 Å². The molecule has 5 aromatic rings. The van der Waals surface area contributed by atoms with E-state index >= 15 is 4.39 Å². The van der Waals surface area contributed by atoms with E-state index in [2.05, 4.69) is 25.6 Å². The molecule has 0 atom stereocenters. The van der Waals surface area contributed by atoms with Crippen LogP contribution in [0.15, 0.2) is 35.5 Å². The molecule has 0 radical (unpaired) electrons. The maximum Gasteiger partial charge on any atom is 0.341 e. The Kier molecular flexibility index (Phi) is 6.19. The molecule has 0 aliphatic rings.